The molecule has 1 atom stereocenters. The molecule has 3 aromatic heterocycles. The average molecular weight is 379 g/mol. The summed E-state index contributed by atoms with van der Waals surface area (Å²) < 4.78 is 3.24. The van der Waals surface area contributed by atoms with E-state index >= 15 is 0 Å². The van der Waals surface area contributed by atoms with Crippen molar-refractivity contribution in [2.75, 3.05) is 0 Å². The lowest BCUT2D eigenvalue weighted by Crippen LogP contribution is -2.33. The molecule has 0 aliphatic carbocycles. The maximum absolute atomic E-state index is 12.4. The van der Waals surface area contributed by atoms with Crippen LogP contribution in [0.25, 0.3) is 15.9 Å². The standard InChI is InChI=1S/C19H17N5O2S/c1-13(14-2-4-15(5-3-14)23-8-7-20-11-23)22-17(25)10-24-12-21-18-16(19(24)26)6-9-27-18/h2-9,11-13H,10H2,1H3,(H,22,25)/t13-/m0/s1. The van der Waals surface area contributed by atoms with Crippen LogP contribution in [0.15, 0.2) is 65.6 Å². The van der Waals surface area contributed by atoms with E-state index in [4.69, 9.17) is 0 Å². The second-order valence-corrected chi connectivity index (χ2v) is 7.06. The van der Waals surface area contributed by atoms with Crippen LogP contribution in [0.2, 0.25) is 0 Å². The minimum atomic E-state index is -0.236. The van der Waals surface area contributed by atoms with Gasteiger partial charge < -0.3 is 9.88 Å². The van der Waals surface area contributed by atoms with Crippen LogP contribution in [-0.2, 0) is 11.3 Å². The molecule has 0 bridgehead atoms. The number of hydrogen-bond acceptors (Lipinski definition) is 5. The molecule has 1 amide bonds. The predicted octanol–water partition coefficient (Wildman–Crippen LogP) is 2.52. The molecule has 7 nitrogen and oxygen atoms in total. The first-order chi connectivity index (χ1) is 13.1. The fourth-order valence-electron chi connectivity index (χ4n) is 2.88. The Balaban J connectivity index is 1.44. The molecule has 0 aliphatic heterocycles. The lowest BCUT2D eigenvalue weighted by molar-refractivity contribution is -0.122. The number of imidazole rings is 1. The molecular weight excluding hydrogens is 362 g/mol. The molecule has 3 heterocycles. The Morgan fingerprint density at radius 2 is 2.04 bits per heavy atom. The van der Waals surface area contributed by atoms with Crippen LogP contribution in [0.4, 0.5) is 0 Å². The number of carbonyl (C=O) groups is 1. The number of fused-ring (bicyclic) bond motifs is 1. The van der Waals surface area contributed by atoms with Crippen molar-refractivity contribution in [3.05, 3.63) is 76.7 Å². The zero-order chi connectivity index (χ0) is 18.8. The molecule has 4 rings (SSSR count). The molecule has 0 unspecified atom stereocenters. The second-order valence-electron chi connectivity index (χ2n) is 6.17. The molecule has 0 spiro atoms. The van der Waals surface area contributed by atoms with Gasteiger partial charge in [-0.2, -0.15) is 0 Å². The Labute approximate surface area is 158 Å². The van der Waals surface area contributed by atoms with Crippen LogP contribution in [-0.4, -0.2) is 25.0 Å². The van der Waals surface area contributed by atoms with E-state index in [2.05, 4.69) is 15.3 Å². The van der Waals surface area contributed by atoms with Gasteiger partial charge in [-0.3, -0.25) is 14.2 Å². The minimum Gasteiger partial charge on any atom is -0.348 e. The molecule has 0 radical (unpaired) electrons. The summed E-state index contributed by atoms with van der Waals surface area (Å²) in [5.74, 6) is -0.236. The fourth-order valence-corrected chi connectivity index (χ4v) is 3.60. The Hall–Kier alpha value is -3.26. The van der Waals surface area contributed by atoms with Gasteiger partial charge in [0.1, 0.15) is 11.4 Å². The quantitative estimate of drug-likeness (QED) is 0.578. The van der Waals surface area contributed by atoms with Crippen molar-refractivity contribution < 1.29 is 4.79 Å². The SMILES string of the molecule is C[C@H](NC(=O)Cn1cnc2sccc2c1=O)c1ccc(-n2ccnc2)cc1. The summed E-state index contributed by atoms with van der Waals surface area (Å²) in [7, 11) is 0. The van der Waals surface area contributed by atoms with E-state index in [1.807, 2.05) is 47.3 Å². The van der Waals surface area contributed by atoms with Crippen molar-refractivity contribution in [3.63, 3.8) is 0 Å². The van der Waals surface area contributed by atoms with Crippen molar-refractivity contribution in [3.8, 4) is 5.69 Å². The minimum absolute atomic E-state index is 0.0604. The molecular formula is C19H17N5O2S. The Bertz CT molecular complexity index is 1130. The van der Waals surface area contributed by atoms with Crippen molar-refractivity contribution in [2.45, 2.75) is 19.5 Å². The molecule has 136 valence electrons. The number of rotatable bonds is 5. The van der Waals surface area contributed by atoms with Gasteiger partial charge in [0.05, 0.1) is 24.1 Å². The highest BCUT2D eigenvalue weighted by Crippen LogP contribution is 2.16. The monoisotopic (exact) mass is 379 g/mol. The lowest BCUT2D eigenvalue weighted by atomic mass is 10.1. The van der Waals surface area contributed by atoms with E-state index in [1.54, 1.807) is 18.6 Å². The molecule has 0 saturated carbocycles. The van der Waals surface area contributed by atoms with Gasteiger partial charge in [0, 0.05) is 18.1 Å². The molecule has 1 aromatic carbocycles. The van der Waals surface area contributed by atoms with Crippen molar-refractivity contribution >= 4 is 27.5 Å². The summed E-state index contributed by atoms with van der Waals surface area (Å²) >= 11 is 1.41. The first-order valence-electron chi connectivity index (χ1n) is 8.42. The number of thiophene rings is 1. The average Bonchev–Trinajstić information content (AvgIpc) is 3.36. The Kier molecular flexibility index (Phi) is 4.55. The van der Waals surface area contributed by atoms with Crippen LogP contribution in [0.5, 0.6) is 0 Å². The highest BCUT2D eigenvalue weighted by atomic mass is 32.1. The maximum Gasteiger partial charge on any atom is 0.262 e. The highest BCUT2D eigenvalue weighted by Gasteiger charge is 2.12. The van der Waals surface area contributed by atoms with Crippen LogP contribution in [0.1, 0.15) is 18.5 Å². The first-order valence-corrected chi connectivity index (χ1v) is 9.30. The number of hydrogen-bond donors (Lipinski definition) is 1. The zero-order valence-electron chi connectivity index (χ0n) is 14.6. The maximum atomic E-state index is 12.4. The summed E-state index contributed by atoms with van der Waals surface area (Å²) in [6.07, 6.45) is 6.75. The second kappa shape index (κ2) is 7.16. The van der Waals surface area contributed by atoms with Crippen LogP contribution >= 0.6 is 11.3 Å². The molecule has 0 aliphatic rings. The number of nitrogens with one attached hydrogen (secondary N) is 1. The number of nitrogens with zero attached hydrogens (tertiary/aromatic N) is 4. The van der Waals surface area contributed by atoms with Gasteiger partial charge in [-0.15, -0.1) is 11.3 Å². The van der Waals surface area contributed by atoms with E-state index in [-0.39, 0.29) is 24.1 Å². The zero-order valence-corrected chi connectivity index (χ0v) is 15.4. The molecule has 0 saturated heterocycles. The van der Waals surface area contributed by atoms with Crippen molar-refractivity contribution in [1.29, 1.82) is 0 Å². The Morgan fingerprint density at radius 3 is 2.78 bits per heavy atom. The summed E-state index contributed by atoms with van der Waals surface area (Å²) in [5.41, 5.74) is 1.77. The molecule has 1 N–H and O–H groups in total. The fraction of sp³-hybridized carbons (Fsp3) is 0.158. The van der Waals surface area contributed by atoms with Crippen LogP contribution < -0.4 is 10.9 Å². The van der Waals surface area contributed by atoms with Crippen LogP contribution in [0, 0.1) is 0 Å². The topological polar surface area (TPSA) is 81.8 Å². The summed E-state index contributed by atoms with van der Waals surface area (Å²) in [4.78, 5) is 33.7. The number of amides is 1. The smallest absolute Gasteiger partial charge is 0.262 e. The van der Waals surface area contributed by atoms with Crippen molar-refractivity contribution in [1.82, 2.24) is 24.4 Å². The van der Waals surface area contributed by atoms with E-state index in [1.165, 1.54) is 22.2 Å². The van der Waals surface area contributed by atoms with Gasteiger partial charge in [0.25, 0.3) is 5.56 Å². The van der Waals surface area contributed by atoms with E-state index < -0.39 is 0 Å². The molecule has 0 fully saturated rings. The largest absolute Gasteiger partial charge is 0.348 e. The number of carbonyl (C=O) groups excluding carboxylic acids is 1. The molecule has 8 heteroatoms. The first kappa shape index (κ1) is 17.2. The van der Waals surface area contributed by atoms with Gasteiger partial charge >= 0.3 is 0 Å². The third-order valence-electron chi connectivity index (χ3n) is 4.34. The van der Waals surface area contributed by atoms with E-state index in [9.17, 15) is 9.59 Å². The highest BCUT2D eigenvalue weighted by molar-refractivity contribution is 7.16. The molecule has 27 heavy (non-hydrogen) atoms. The van der Waals surface area contributed by atoms with E-state index in [0.717, 1.165) is 11.3 Å². The van der Waals surface area contributed by atoms with E-state index in [0.29, 0.717) is 10.2 Å². The summed E-state index contributed by atoms with van der Waals surface area (Å²) in [6, 6.07) is 9.42. The third kappa shape index (κ3) is 3.52. The van der Waals surface area contributed by atoms with Crippen LogP contribution in [0.3, 0.4) is 0 Å². The summed E-state index contributed by atoms with van der Waals surface area (Å²) in [6.45, 7) is 1.85. The summed E-state index contributed by atoms with van der Waals surface area (Å²) in [5, 5.41) is 5.28. The lowest BCUT2D eigenvalue weighted by Gasteiger charge is -2.15. The Morgan fingerprint density at radius 1 is 1.22 bits per heavy atom. The molecule has 4 aromatic rings. The third-order valence-corrected chi connectivity index (χ3v) is 5.16. The van der Waals surface area contributed by atoms with Crippen molar-refractivity contribution in [2.24, 2.45) is 0 Å². The van der Waals surface area contributed by atoms with Gasteiger partial charge in [-0.1, -0.05) is 12.1 Å². The predicted molar refractivity (Wildman–Crippen MR) is 104 cm³/mol. The number of benzene rings is 1. The van der Waals surface area contributed by atoms with Gasteiger partial charge in [-0.05, 0) is 36.1 Å². The van der Waals surface area contributed by atoms with Gasteiger partial charge in [-0.25, -0.2) is 9.97 Å². The van der Waals surface area contributed by atoms with Gasteiger partial charge in [0.15, 0.2) is 0 Å². The normalized spacial score (nSPS) is 12.2. The van der Waals surface area contributed by atoms with Gasteiger partial charge in [0.2, 0.25) is 5.91 Å². The number of aromatic nitrogens is 4.